The van der Waals surface area contributed by atoms with Gasteiger partial charge in [0.25, 0.3) is 0 Å². The fraction of sp³-hybridized carbons (Fsp3) is 0.167. The highest BCUT2D eigenvalue weighted by Crippen LogP contribution is 2.24. The Kier molecular flexibility index (Phi) is 7.40. The zero-order valence-electron chi connectivity index (χ0n) is 17.7. The molecule has 0 saturated carbocycles. The highest BCUT2D eigenvalue weighted by atomic mass is 32.2. The Hall–Kier alpha value is -3.49. The van der Waals surface area contributed by atoms with Gasteiger partial charge in [0.15, 0.2) is 0 Å². The summed E-state index contributed by atoms with van der Waals surface area (Å²) in [6.07, 6.45) is 0. The van der Waals surface area contributed by atoms with Gasteiger partial charge in [-0.3, -0.25) is 0 Å². The van der Waals surface area contributed by atoms with Crippen molar-refractivity contribution in [3.63, 3.8) is 0 Å². The van der Waals surface area contributed by atoms with Crippen molar-refractivity contribution in [3.8, 4) is 0 Å². The van der Waals surface area contributed by atoms with Gasteiger partial charge >= 0.3 is 11.9 Å². The summed E-state index contributed by atoms with van der Waals surface area (Å²) in [5, 5.41) is 0. The molecule has 32 heavy (non-hydrogen) atoms. The average molecular weight is 454 g/mol. The van der Waals surface area contributed by atoms with Crippen LogP contribution in [0.15, 0.2) is 83.8 Å². The average Bonchev–Trinajstić information content (AvgIpc) is 2.83. The summed E-state index contributed by atoms with van der Waals surface area (Å²) in [6, 6.07) is 22.0. The molecule has 0 atom stereocenters. The van der Waals surface area contributed by atoms with E-state index in [0.717, 1.165) is 11.1 Å². The molecule has 8 heteroatoms. The van der Waals surface area contributed by atoms with Gasteiger partial charge in [0.05, 0.1) is 30.2 Å². The number of ether oxygens (including phenoxy) is 2. The van der Waals surface area contributed by atoms with Crippen LogP contribution in [0.25, 0.3) is 0 Å². The van der Waals surface area contributed by atoms with E-state index in [9.17, 15) is 18.0 Å². The van der Waals surface area contributed by atoms with E-state index in [1.54, 1.807) is 0 Å². The van der Waals surface area contributed by atoms with Crippen LogP contribution < -0.4 is 0 Å². The Morgan fingerprint density at radius 2 is 1.12 bits per heavy atom. The van der Waals surface area contributed by atoms with Crippen molar-refractivity contribution in [3.05, 3.63) is 101 Å². The summed E-state index contributed by atoms with van der Waals surface area (Å²) >= 11 is 0. The number of nitrogens with zero attached hydrogens (tertiary/aromatic N) is 1. The largest absolute Gasteiger partial charge is 0.465 e. The number of hydrogen-bond donors (Lipinski definition) is 0. The first-order chi connectivity index (χ1) is 15.3. The predicted molar refractivity (Wildman–Crippen MR) is 118 cm³/mol. The molecule has 0 aliphatic carbocycles. The standard InChI is InChI=1S/C24H23NO6S/c1-30-23(26)20-13-21(24(27)31-2)15-22(14-20)32(28,29)25(16-18-9-5-3-6-10-18)17-19-11-7-4-8-12-19/h3-15H,16-17H2,1-2H3. The molecular weight excluding hydrogens is 430 g/mol. The minimum Gasteiger partial charge on any atom is -0.465 e. The van der Waals surface area contributed by atoms with Crippen molar-refractivity contribution in [1.29, 1.82) is 0 Å². The number of benzene rings is 3. The molecule has 0 aliphatic rings. The predicted octanol–water partition coefficient (Wildman–Crippen LogP) is 3.65. The van der Waals surface area contributed by atoms with Crippen LogP contribution in [0, 0.1) is 0 Å². The van der Waals surface area contributed by atoms with Crippen molar-refractivity contribution in [1.82, 2.24) is 4.31 Å². The molecule has 0 fully saturated rings. The molecule has 0 aromatic heterocycles. The van der Waals surface area contributed by atoms with Crippen LogP contribution in [-0.2, 0) is 32.6 Å². The van der Waals surface area contributed by atoms with Gasteiger partial charge in [-0.2, -0.15) is 4.31 Å². The van der Waals surface area contributed by atoms with Crippen molar-refractivity contribution < 1.29 is 27.5 Å². The number of methoxy groups -OCH3 is 2. The molecule has 0 saturated heterocycles. The highest BCUT2D eigenvalue weighted by molar-refractivity contribution is 7.89. The summed E-state index contributed by atoms with van der Waals surface area (Å²) in [5.74, 6) is -1.52. The summed E-state index contributed by atoms with van der Waals surface area (Å²) < 4.78 is 38.1. The van der Waals surface area contributed by atoms with Crippen LogP contribution in [0.3, 0.4) is 0 Å². The summed E-state index contributed by atoms with van der Waals surface area (Å²) in [5.41, 5.74) is 1.47. The van der Waals surface area contributed by atoms with Crippen molar-refractivity contribution >= 4 is 22.0 Å². The SMILES string of the molecule is COC(=O)c1cc(C(=O)OC)cc(S(=O)(=O)N(Cc2ccccc2)Cc2ccccc2)c1. The molecular formula is C24H23NO6S. The molecule has 0 amide bonds. The van der Waals surface area contributed by atoms with Crippen molar-refractivity contribution in [2.75, 3.05) is 14.2 Å². The number of carbonyl (C=O) groups is 2. The third-order valence-corrected chi connectivity index (χ3v) is 6.56. The lowest BCUT2D eigenvalue weighted by Gasteiger charge is -2.23. The molecule has 0 unspecified atom stereocenters. The van der Waals surface area contributed by atoms with Crippen molar-refractivity contribution in [2.45, 2.75) is 18.0 Å². The lowest BCUT2D eigenvalue weighted by Crippen LogP contribution is -2.30. The fourth-order valence-corrected chi connectivity index (χ4v) is 4.66. The quantitative estimate of drug-likeness (QED) is 0.484. The van der Waals surface area contributed by atoms with Crippen molar-refractivity contribution in [2.24, 2.45) is 0 Å². The normalized spacial score (nSPS) is 11.2. The molecule has 3 rings (SSSR count). The topological polar surface area (TPSA) is 90.0 Å². The van der Waals surface area contributed by atoms with Crippen LogP contribution in [-0.4, -0.2) is 38.9 Å². The van der Waals surface area contributed by atoms with Gasteiger partial charge in [-0.05, 0) is 29.3 Å². The molecule has 0 N–H and O–H groups in total. The van der Waals surface area contributed by atoms with Gasteiger partial charge in [-0.25, -0.2) is 18.0 Å². The lowest BCUT2D eigenvalue weighted by atomic mass is 10.1. The number of sulfonamides is 1. The van der Waals surface area contributed by atoms with E-state index in [0.29, 0.717) is 0 Å². The summed E-state index contributed by atoms with van der Waals surface area (Å²) in [4.78, 5) is 24.0. The second-order valence-electron chi connectivity index (χ2n) is 6.97. The Morgan fingerprint density at radius 3 is 1.50 bits per heavy atom. The monoisotopic (exact) mass is 453 g/mol. The third-order valence-electron chi connectivity index (χ3n) is 4.79. The lowest BCUT2D eigenvalue weighted by molar-refractivity contribution is 0.0598. The molecule has 0 spiro atoms. The maximum Gasteiger partial charge on any atom is 0.337 e. The first-order valence-corrected chi connectivity index (χ1v) is 11.2. The zero-order chi connectivity index (χ0) is 23.1. The first-order valence-electron chi connectivity index (χ1n) is 9.75. The van der Waals surface area contributed by atoms with E-state index >= 15 is 0 Å². The zero-order valence-corrected chi connectivity index (χ0v) is 18.5. The van der Waals surface area contributed by atoms with Gasteiger partial charge in [0.2, 0.25) is 10.0 Å². The van der Waals surface area contributed by atoms with Crippen LogP contribution >= 0.6 is 0 Å². The number of hydrogen-bond acceptors (Lipinski definition) is 6. The molecule has 0 radical (unpaired) electrons. The van der Waals surface area contributed by atoms with Gasteiger partial charge in [-0.15, -0.1) is 0 Å². The van der Waals surface area contributed by atoms with Crippen LogP contribution in [0.5, 0.6) is 0 Å². The first kappa shape index (κ1) is 23.2. The maximum atomic E-state index is 13.7. The number of rotatable bonds is 8. The van der Waals surface area contributed by atoms with E-state index in [-0.39, 0.29) is 29.1 Å². The van der Waals surface area contributed by atoms with Gasteiger partial charge in [0.1, 0.15) is 0 Å². The second kappa shape index (κ2) is 10.2. The summed E-state index contributed by atoms with van der Waals surface area (Å²) in [6.45, 7) is 0.210. The van der Waals surface area contributed by atoms with Crippen LogP contribution in [0.1, 0.15) is 31.8 Å². The molecule has 7 nitrogen and oxygen atoms in total. The molecule has 0 heterocycles. The van der Waals surface area contributed by atoms with E-state index in [1.165, 1.54) is 36.7 Å². The second-order valence-corrected chi connectivity index (χ2v) is 8.91. The van der Waals surface area contributed by atoms with Gasteiger partial charge in [-0.1, -0.05) is 60.7 Å². The molecule has 0 aliphatic heterocycles. The number of esters is 2. The van der Waals surface area contributed by atoms with Gasteiger partial charge < -0.3 is 9.47 Å². The summed E-state index contributed by atoms with van der Waals surface area (Å²) in [7, 11) is -1.75. The van der Waals surface area contributed by atoms with E-state index in [2.05, 4.69) is 0 Å². The van der Waals surface area contributed by atoms with Crippen LogP contribution in [0.2, 0.25) is 0 Å². The minimum atomic E-state index is -4.11. The Balaban J connectivity index is 2.10. The number of carbonyl (C=O) groups excluding carboxylic acids is 2. The third kappa shape index (κ3) is 5.40. The highest BCUT2D eigenvalue weighted by Gasteiger charge is 2.28. The minimum absolute atomic E-state index is 0.0617. The molecule has 3 aromatic rings. The molecule has 166 valence electrons. The molecule has 3 aromatic carbocycles. The molecule has 0 bridgehead atoms. The van der Waals surface area contributed by atoms with Crippen LogP contribution in [0.4, 0.5) is 0 Å². The van der Waals surface area contributed by atoms with E-state index < -0.39 is 22.0 Å². The Morgan fingerprint density at radius 1 is 0.719 bits per heavy atom. The Labute approximate surface area is 187 Å². The van der Waals surface area contributed by atoms with E-state index in [4.69, 9.17) is 9.47 Å². The smallest absolute Gasteiger partial charge is 0.337 e. The van der Waals surface area contributed by atoms with E-state index in [1.807, 2.05) is 60.7 Å². The Bertz CT molecular complexity index is 1120. The fourth-order valence-electron chi connectivity index (χ4n) is 3.17. The van der Waals surface area contributed by atoms with Gasteiger partial charge in [0, 0.05) is 13.1 Å². The maximum absolute atomic E-state index is 13.7.